The summed E-state index contributed by atoms with van der Waals surface area (Å²) in [5.41, 5.74) is 0.503. The number of nitrogens with zero attached hydrogens (tertiary/aromatic N) is 5. The second kappa shape index (κ2) is 11.3. The first-order valence-corrected chi connectivity index (χ1v) is 11.0. The van der Waals surface area contributed by atoms with Gasteiger partial charge in [-0.15, -0.1) is 0 Å². The molecule has 3 heterocycles. The number of imidazole rings is 1. The smallest absolute Gasteiger partial charge is 0.303 e. The number of carbonyl (C=O) groups is 4. The zero-order valence-electron chi connectivity index (χ0n) is 20.5. The lowest BCUT2D eigenvalue weighted by molar-refractivity contribution is -0.166. The van der Waals surface area contributed by atoms with E-state index in [9.17, 15) is 24.3 Å². The van der Waals surface area contributed by atoms with Crippen LogP contribution in [0.1, 0.15) is 33.9 Å². The molecule has 0 aromatic carbocycles. The Morgan fingerprint density at radius 2 is 1.75 bits per heavy atom. The van der Waals surface area contributed by atoms with E-state index in [2.05, 4.69) is 20.3 Å². The quantitative estimate of drug-likeness (QED) is 0.328. The van der Waals surface area contributed by atoms with Crippen molar-refractivity contribution in [1.82, 2.24) is 19.5 Å². The summed E-state index contributed by atoms with van der Waals surface area (Å²) in [5.74, 6) is -2.04. The molecule has 36 heavy (non-hydrogen) atoms. The molecular formula is C21H28N6O9. The van der Waals surface area contributed by atoms with Crippen molar-refractivity contribution in [2.45, 2.75) is 52.2 Å². The minimum absolute atomic E-state index is 0.0356. The molecule has 1 saturated heterocycles. The number of esters is 3. The van der Waals surface area contributed by atoms with Gasteiger partial charge in [0.05, 0.1) is 12.9 Å². The van der Waals surface area contributed by atoms with Crippen LogP contribution >= 0.6 is 0 Å². The summed E-state index contributed by atoms with van der Waals surface area (Å²) < 4.78 is 23.4. The number of aromatic nitrogens is 4. The Hall–Kier alpha value is -3.85. The highest BCUT2D eigenvalue weighted by atomic mass is 16.7. The first-order chi connectivity index (χ1) is 17.0. The van der Waals surface area contributed by atoms with Gasteiger partial charge < -0.3 is 29.0 Å². The highest BCUT2D eigenvalue weighted by Gasteiger charge is 2.51. The lowest BCUT2D eigenvalue weighted by Crippen LogP contribution is -2.40. The molecule has 2 aromatic rings. The van der Waals surface area contributed by atoms with Gasteiger partial charge in [-0.3, -0.25) is 29.1 Å². The van der Waals surface area contributed by atoms with Gasteiger partial charge >= 0.3 is 17.9 Å². The molecule has 3 rings (SSSR count). The molecule has 0 aliphatic carbocycles. The molecule has 0 saturated carbocycles. The van der Waals surface area contributed by atoms with Gasteiger partial charge in [-0.1, -0.05) is 0 Å². The average Bonchev–Trinajstić information content (AvgIpc) is 3.32. The molecule has 1 aliphatic heterocycles. The van der Waals surface area contributed by atoms with Crippen LogP contribution < -0.4 is 10.2 Å². The third kappa shape index (κ3) is 6.04. The molecule has 2 N–H and O–H groups in total. The van der Waals surface area contributed by atoms with Gasteiger partial charge in [-0.2, -0.15) is 9.97 Å². The van der Waals surface area contributed by atoms with Crippen molar-refractivity contribution in [3.8, 4) is 0 Å². The van der Waals surface area contributed by atoms with Crippen LogP contribution in [-0.4, -0.2) is 93.6 Å². The predicted octanol–water partition coefficient (Wildman–Crippen LogP) is -0.463. The number of nitrogens with one attached hydrogen (secondary N) is 1. The van der Waals surface area contributed by atoms with Crippen molar-refractivity contribution in [3.05, 3.63) is 6.33 Å². The van der Waals surface area contributed by atoms with Crippen LogP contribution in [-0.2, 0) is 38.1 Å². The van der Waals surface area contributed by atoms with E-state index in [4.69, 9.17) is 18.9 Å². The van der Waals surface area contributed by atoms with E-state index in [1.54, 1.807) is 11.9 Å². The molecule has 1 aliphatic rings. The largest absolute Gasteiger partial charge is 0.463 e. The topological polar surface area (TPSA) is 184 Å². The number of hydrogen-bond acceptors (Lipinski definition) is 13. The number of amides is 1. The van der Waals surface area contributed by atoms with Gasteiger partial charge in [0.15, 0.2) is 35.4 Å². The second-order valence-electron chi connectivity index (χ2n) is 8.04. The summed E-state index contributed by atoms with van der Waals surface area (Å²) >= 11 is 0. The maximum atomic E-state index is 11.9. The number of aliphatic hydroxyl groups excluding tert-OH is 1. The fourth-order valence-corrected chi connectivity index (χ4v) is 3.74. The number of hydrogen-bond donors (Lipinski definition) is 2. The Labute approximate surface area is 205 Å². The van der Waals surface area contributed by atoms with E-state index in [-0.39, 0.29) is 31.4 Å². The number of carbonyl (C=O) groups excluding carboxylic acids is 4. The summed E-state index contributed by atoms with van der Waals surface area (Å²) in [6.07, 6.45) is -2.96. The second-order valence-corrected chi connectivity index (χ2v) is 8.04. The molecule has 0 spiro atoms. The van der Waals surface area contributed by atoms with Gasteiger partial charge in [0.25, 0.3) is 0 Å². The Bertz CT molecular complexity index is 1150. The lowest BCUT2D eigenvalue weighted by atomic mass is 10.1. The zero-order chi connectivity index (χ0) is 26.6. The van der Waals surface area contributed by atoms with E-state index in [0.29, 0.717) is 11.3 Å². The van der Waals surface area contributed by atoms with Gasteiger partial charge in [-0.05, 0) is 0 Å². The van der Waals surface area contributed by atoms with Crippen molar-refractivity contribution < 1.29 is 43.2 Å². The fourth-order valence-electron chi connectivity index (χ4n) is 3.74. The number of likely N-dealkylation sites (N-methyl/N-ethyl adjacent to an activating group) is 1. The molecule has 1 fully saturated rings. The maximum absolute atomic E-state index is 11.9. The Balaban J connectivity index is 2.13. The summed E-state index contributed by atoms with van der Waals surface area (Å²) in [5, 5.41) is 11.9. The van der Waals surface area contributed by atoms with Crippen LogP contribution in [0.15, 0.2) is 6.33 Å². The number of anilines is 2. The Kier molecular flexibility index (Phi) is 8.37. The van der Waals surface area contributed by atoms with Crippen molar-refractivity contribution in [1.29, 1.82) is 0 Å². The molecule has 2 aromatic heterocycles. The van der Waals surface area contributed by atoms with Crippen LogP contribution in [0, 0.1) is 0 Å². The van der Waals surface area contributed by atoms with E-state index >= 15 is 0 Å². The highest BCUT2D eigenvalue weighted by molar-refractivity contribution is 5.90. The van der Waals surface area contributed by atoms with Crippen molar-refractivity contribution in [2.24, 2.45) is 0 Å². The summed E-state index contributed by atoms with van der Waals surface area (Å²) in [7, 11) is 1.67. The molecule has 4 atom stereocenters. The van der Waals surface area contributed by atoms with E-state index < -0.39 is 48.4 Å². The molecule has 0 radical (unpaired) electrons. The van der Waals surface area contributed by atoms with Gasteiger partial charge in [0.1, 0.15) is 12.7 Å². The van der Waals surface area contributed by atoms with Crippen LogP contribution in [0.2, 0.25) is 0 Å². The van der Waals surface area contributed by atoms with Crippen LogP contribution in [0.25, 0.3) is 11.2 Å². The Morgan fingerprint density at radius 1 is 1.08 bits per heavy atom. The third-order valence-electron chi connectivity index (χ3n) is 5.10. The average molecular weight is 508 g/mol. The minimum Gasteiger partial charge on any atom is -0.463 e. The number of rotatable bonds is 9. The highest BCUT2D eigenvalue weighted by Crippen LogP contribution is 2.37. The standard InChI is InChI=1S/C21H28N6O9/c1-10(29)23-21-24-18(26(5)6-7-28)15-19(25-21)27(9-22-15)20-17(35-13(4)32)16(34-12(3)31)14(36-20)8-33-11(2)30/h9,14,16-17,20,28H,6-8H2,1-5H3,(H,23,24,25,29)/t14-,16-,17-,20-/m1/s1. The van der Waals surface area contributed by atoms with Gasteiger partial charge in [-0.25, -0.2) is 4.98 Å². The summed E-state index contributed by atoms with van der Waals surface area (Å²) in [4.78, 5) is 61.5. The van der Waals surface area contributed by atoms with Crippen LogP contribution in [0.3, 0.4) is 0 Å². The molecule has 196 valence electrons. The summed E-state index contributed by atoms with van der Waals surface area (Å²) in [6.45, 7) is 4.65. The Morgan fingerprint density at radius 3 is 2.33 bits per heavy atom. The predicted molar refractivity (Wildman–Crippen MR) is 122 cm³/mol. The van der Waals surface area contributed by atoms with Crippen LogP contribution in [0.4, 0.5) is 11.8 Å². The van der Waals surface area contributed by atoms with Crippen molar-refractivity contribution in [3.63, 3.8) is 0 Å². The SMILES string of the molecule is CC(=O)Nc1nc(N(C)CCO)c2ncn([C@@H]3O[C@H](COC(C)=O)[C@@H](OC(C)=O)[C@H]3OC(C)=O)c2n1. The first kappa shape index (κ1) is 26.7. The number of fused-ring (bicyclic) bond motifs is 1. The van der Waals surface area contributed by atoms with E-state index in [1.807, 2.05) is 0 Å². The lowest BCUT2D eigenvalue weighted by Gasteiger charge is -2.24. The van der Waals surface area contributed by atoms with Crippen LogP contribution in [0.5, 0.6) is 0 Å². The van der Waals surface area contributed by atoms with Crippen molar-refractivity contribution >= 4 is 46.7 Å². The number of ether oxygens (including phenoxy) is 4. The fraction of sp³-hybridized carbons (Fsp3) is 0.571. The molecule has 15 heteroatoms. The zero-order valence-corrected chi connectivity index (χ0v) is 20.5. The van der Waals surface area contributed by atoms with E-state index in [1.165, 1.54) is 38.6 Å². The third-order valence-corrected chi connectivity index (χ3v) is 5.10. The molecule has 1 amide bonds. The maximum Gasteiger partial charge on any atom is 0.303 e. The monoisotopic (exact) mass is 508 g/mol. The molecule has 0 unspecified atom stereocenters. The molecule has 0 bridgehead atoms. The first-order valence-electron chi connectivity index (χ1n) is 11.0. The van der Waals surface area contributed by atoms with Gasteiger partial charge in [0.2, 0.25) is 11.9 Å². The molecular weight excluding hydrogens is 480 g/mol. The van der Waals surface area contributed by atoms with E-state index in [0.717, 1.165) is 0 Å². The van der Waals surface area contributed by atoms with Crippen molar-refractivity contribution in [2.75, 3.05) is 37.0 Å². The minimum atomic E-state index is -1.15. The summed E-state index contributed by atoms with van der Waals surface area (Å²) in [6, 6.07) is 0. The normalized spacial score (nSPS) is 21.2. The number of aliphatic hydroxyl groups is 1. The van der Waals surface area contributed by atoms with Gasteiger partial charge in [0, 0.05) is 41.3 Å². The molecule has 15 nitrogen and oxygen atoms in total.